The van der Waals surface area contributed by atoms with Crippen molar-refractivity contribution in [1.29, 1.82) is 0 Å². The van der Waals surface area contributed by atoms with Gasteiger partial charge in [0.2, 0.25) is 0 Å². The second kappa shape index (κ2) is 6.35. The zero-order chi connectivity index (χ0) is 12.0. The van der Waals surface area contributed by atoms with Crippen LogP contribution in [0.3, 0.4) is 0 Å². The summed E-state index contributed by atoms with van der Waals surface area (Å²) in [4.78, 5) is 11.1. The van der Waals surface area contributed by atoms with Crippen molar-refractivity contribution in [2.45, 2.75) is 12.5 Å². The van der Waals surface area contributed by atoms with Crippen LogP contribution in [0.15, 0.2) is 24.3 Å². The molecular formula is C11H15ClN2O2. The monoisotopic (exact) mass is 242 g/mol. The molecule has 0 aliphatic rings. The van der Waals surface area contributed by atoms with Gasteiger partial charge >= 0.3 is 6.09 Å². The Morgan fingerprint density at radius 1 is 1.62 bits per heavy atom. The minimum absolute atomic E-state index is 0.170. The maximum Gasteiger partial charge on any atom is 0.407 e. The molecule has 0 aromatic heterocycles. The van der Waals surface area contributed by atoms with Crippen LogP contribution in [0.5, 0.6) is 0 Å². The van der Waals surface area contributed by atoms with Crippen molar-refractivity contribution in [2.75, 3.05) is 13.7 Å². The zero-order valence-corrected chi connectivity index (χ0v) is 9.83. The van der Waals surface area contributed by atoms with Crippen LogP contribution in [-0.2, 0) is 4.74 Å². The lowest BCUT2D eigenvalue weighted by molar-refractivity contribution is 0.166. The fraction of sp³-hybridized carbons (Fsp3) is 0.364. The molecule has 1 atom stereocenters. The Hall–Kier alpha value is -1.26. The number of carbonyl (C=O) groups excluding carboxylic acids is 1. The average Bonchev–Trinajstić information content (AvgIpc) is 2.28. The zero-order valence-electron chi connectivity index (χ0n) is 9.07. The van der Waals surface area contributed by atoms with Crippen LogP contribution in [-0.4, -0.2) is 19.7 Å². The Kier molecular flexibility index (Phi) is 5.08. The lowest BCUT2D eigenvalue weighted by Crippen LogP contribution is -2.29. The molecule has 4 nitrogen and oxygen atoms in total. The Bertz CT molecular complexity index is 358. The van der Waals surface area contributed by atoms with Gasteiger partial charge in [-0.05, 0) is 30.7 Å². The molecule has 88 valence electrons. The second-order valence-corrected chi connectivity index (χ2v) is 3.76. The SMILES string of the molecule is COC(=O)NC(CCN)c1cccc(Cl)c1. The quantitative estimate of drug-likeness (QED) is 0.850. The molecular weight excluding hydrogens is 228 g/mol. The Morgan fingerprint density at radius 2 is 2.38 bits per heavy atom. The van der Waals surface area contributed by atoms with Gasteiger partial charge in [-0.2, -0.15) is 0 Å². The molecule has 0 aliphatic carbocycles. The number of nitrogens with one attached hydrogen (secondary N) is 1. The summed E-state index contributed by atoms with van der Waals surface area (Å²) in [5.41, 5.74) is 6.42. The highest BCUT2D eigenvalue weighted by Gasteiger charge is 2.14. The van der Waals surface area contributed by atoms with Gasteiger partial charge in [-0.15, -0.1) is 0 Å². The van der Waals surface area contributed by atoms with E-state index in [1.807, 2.05) is 12.1 Å². The molecule has 0 heterocycles. The van der Waals surface area contributed by atoms with Gasteiger partial charge < -0.3 is 15.8 Å². The van der Waals surface area contributed by atoms with Crippen molar-refractivity contribution in [3.05, 3.63) is 34.9 Å². The van der Waals surface area contributed by atoms with E-state index in [-0.39, 0.29) is 6.04 Å². The summed E-state index contributed by atoms with van der Waals surface area (Å²) in [5, 5.41) is 3.34. The Labute approximate surface area is 99.7 Å². The highest BCUT2D eigenvalue weighted by molar-refractivity contribution is 6.30. The van der Waals surface area contributed by atoms with Crippen molar-refractivity contribution in [3.63, 3.8) is 0 Å². The van der Waals surface area contributed by atoms with Crippen molar-refractivity contribution in [2.24, 2.45) is 5.73 Å². The first-order valence-corrected chi connectivity index (χ1v) is 5.35. The van der Waals surface area contributed by atoms with E-state index in [0.29, 0.717) is 18.0 Å². The van der Waals surface area contributed by atoms with E-state index in [9.17, 15) is 4.79 Å². The normalized spacial score (nSPS) is 11.9. The van der Waals surface area contributed by atoms with Gasteiger partial charge in [0.1, 0.15) is 0 Å². The first-order chi connectivity index (χ1) is 7.67. The van der Waals surface area contributed by atoms with E-state index in [4.69, 9.17) is 17.3 Å². The number of hydrogen-bond donors (Lipinski definition) is 2. The van der Waals surface area contributed by atoms with Gasteiger partial charge in [0, 0.05) is 5.02 Å². The van der Waals surface area contributed by atoms with Gasteiger partial charge in [-0.25, -0.2) is 4.79 Å². The van der Waals surface area contributed by atoms with Crippen LogP contribution < -0.4 is 11.1 Å². The van der Waals surface area contributed by atoms with Crippen LogP contribution in [0.2, 0.25) is 5.02 Å². The molecule has 1 aromatic rings. The largest absolute Gasteiger partial charge is 0.453 e. The standard InChI is InChI=1S/C11H15ClN2O2/c1-16-11(15)14-10(5-6-13)8-3-2-4-9(12)7-8/h2-4,7,10H,5-6,13H2,1H3,(H,14,15). The molecule has 3 N–H and O–H groups in total. The number of halogens is 1. The topological polar surface area (TPSA) is 64.3 Å². The molecule has 16 heavy (non-hydrogen) atoms. The lowest BCUT2D eigenvalue weighted by atomic mass is 10.0. The summed E-state index contributed by atoms with van der Waals surface area (Å²) in [7, 11) is 1.33. The van der Waals surface area contributed by atoms with Gasteiger partial charge in [0.15, 0.2) is 0 Å². The molecule has 0 saturated heterocycles. The summed E-state index contributed by atoms with van der Waals surface area (Å²) in [5.74, 6) is 0. The van der Waals surface area contributed by atoms with Gasteiger partial charge in [-0.1, -0.05) is 23.7 Å². The number of methoxy groups -OCH3 is 1. The number of benzene rings is 1. The van der Waals surface area contributed by atoms with Gasteiger partial charge in [0.05, 0.1) is 13.2 Å². The summed E-state index contributed by atoms with van der Waals surface area (Å²) in [6.45, 7) is 0.473. The second-order valence-electron chi connectivity index (χ2n) is 3.32. The van der Waals surface area contributed by atoms with Crippen molar-refractivity contribution in [1.82, 2.24) is 5.32 Å². The maximum absolute atomic E-state index is 11.1. The van der Waals surface area contributed by atoms with E-state index in [2.05, 4.69) is 10.1 Å². The Balaban J connectivity index is 2.80. The molecule has 1 amide bonds. The van der Waals surface area contributed by atoms with E-state index < -0.39 is 6.09 Å². The third-order valence-electron chi connectivity index (χ3n) is 2.18. The van der Waals surface area contributed by atoms with E-state index in [0.717, 1.165) is 5.56 Å². The molecule has 0 saturated carbocycles. The average molecular weight is 243 g/mol. The Morgan fingerprint density at radius 3 is 2.94 bits per heavy atom. The molecule has 0 spiro atoms. The molecule has 1 unspecified atom stereocenters. The number of carbonyl (C=O) groups is 1. The smallest absolute Gasteiger partial charge is 0.407 e. The minimum Gasteiger partial charge on any atom is -0.453 e. The maximum atomic E-state index is 11.1. The van der Waals surface area contributed by atoms with Gasteiger partial charge in [0.25, 0.3) is 0 Å². The molecule has 5 heteroatoms. The predicted octanol–water partition coefficient (Wildman–Crippen LogP) is 2.09. The fourth-order valence-corrected chi connectivity index (χ4v) is 1.61. The summed E-state index contributed by atoms with van der Waals surface area (Å²) in [6, 6.07) is 7.14. The number of amides is 1. The number of alkyl carbamates (subject to hydrolysis) is 1. The van der Waals surface area contributed by atoms with Crippen molar-refractivity contribution in [3.8, 4) is 0 Å². The van der Waals surface area contributed by atoms with E-state index in [1.165, 1.54) is 7.11 Å². The van der Waals surface area contributed by atoms with Crippen LogP contribution in [0.1, 0.15) is 18.0 Å². The number of nitrogens with two attached hydrogens (primary N) is 1. The first-order valence-electron chi connectivity index (χ1n) is 4.97. The van der Waals surface area contributed by atoms with Crippen molar-refractivity contribution >= 4 is 17.7 Å². The highest BCUT2D eigenvalue weighted by Crippen LogP contribution is 2.20. The number of hydrogen-bond acceptors (Lipinski definition) is 3. The van der Waals surface area contributed by atoms with E-state index in [1.54, 1.807) is 12.1 Å². The van der Waals surface area contributed by atoms with Crippen LogP contribution in [0.25, 0.3) is 0 Å². The highest BCUT2D eigenvalue weighted by atomic mass is 35.5. The third-order valence-corrected chi connectivity index (χ3v) is 2.42. The summed E-state index contributed by atoms with van der Waals surface area (Å²) >= 11 is 5.88. The van der Waals surface area contributed by atoms with Crippen LogP contribution in [0.4, 0.5) is 4.79 Å². The predicted molar refractivity (Wildman–Crippen MR) is 63.4 cm³/mol. The molecule has 1 aromatic carbocycles. The van der Waals surface area contributed by atoms with Crippen molar-refractivity contribution < 1.29 is 9.53 Å². The number of rotatable bonds is 4. The third kappa shape index (κ3) is 3.72. The van der Waals surface area contributed by atoms with Crippen LogP contribution >= 0.6 is 11.6 Å². The van der Waals surface area contributed by atoms with Crippen LogP contribution in [0, 0.1) is 0 Å². The van der Waals surface area contributed by atoms with Gasteiger partial charge in [-0.3, -0.25) is 0 Å². The molecule has 0 aliphatic heterocycles. The number of ether oxygens (including phenoxy) is 1. The summed E-state index contributed by atoms with van der Waals surface area (Å²) < 4.78 is 4.55. The molecule has 0 fully saturated rings. The summed E-state index contributed by atoms with van der Waals surface area (Å²) in [6.07, 6.45) is 0.161. The minimum atomic E-state index is -0.474. The lowest BCUT2D eigenvalue weighted by Gasteiger charge is -2.17. The molecule has 1 rings (SSSR count). The van der Waals surface area contributed by atoms with E-state index >= 15 is 0 Å². The molecule has 0 bridgehead atoms. The fourth-order valence-electron chi connectivity index (χ4n) is 1.41. The first kappa shape index (κ1) is 12.8. The molecule has 0 radical (unpaired) electrons.